The van der Waals surface area contributed by atoms with E-state index in [4.69, 9.17) is 14.2 Å². The lowest BCUT2D eigenvalue weighted by Crippen LogP contribution is -2.32. The van der Waals surface area contributed by atoms with E-state index in [2.05, 4.69) is 30.0 Å². The van der Waals surface area contributed by atoms with Crippen LogP contribution in [0.5, 0.6) is 17.2 Å². The van der Waals surface area contributed by atoms with Gasteiger partial charge in [0.15, 0.2) is 0 Å². The maximum atomic E-state index is 6.20. The van der Waals surface area contributed by atoms with Crippen molar-refractivity contribution in [1.29, 1.82) is 0 Å². The van der Waals surface area contributed by atoms with Crippen LogP contribution in [0.3, 0.4) is 0 Å². The van der Waals surface area contributed by atoms with Crippen LogP contribution in [0.25, 0.3) is 0 Å². The smallest absolute Gasteiger partial charge is 0.124 e. The first-order valence-corrected chi connectivity index (χ1v) is 8.40. The molecular weight excluding hydrogens is 302 g/mol. The van der Waals surface area contributed by atoms with Crippen LogP contribution < -0.4 is 14.2 Å². The van der Waals surface area contributed by atoms with Gasteiger partial charge in [-0.25, -0.2) is 0 Å². The van der Waals surface area contributed by atoms with Crippen molar-refractivity contribution in [2.75, 3.05) is 20.8 Å². The molecule has 4 nitrogen and oxygen atoms in total. The highest BCUT2D eigenvalue weighted by Gasteiger charge is 2.22. The van der Waals surface area contributed by atoms with Gasteiger partial charge in [-0.3, -0.25) is 4.90 Å². The van der Waals surface area contributed by atoms with Gasteiger partial charge in [0.25, 0.3) is 0 Å². The Morgan fingerprint density at radius 1 is 1.08 bits per heavy atom. The second kappa shape index (κ2) is 7.58. The van der Waals surface area contributed by atoms with Crippen LogP contribution in [0.1, 0.15) is 24.5 Å². The summed E-state index contributed by atoms with van der Waals surface area (Å²) in [5.41, 5.74) is 2.42. The number of rotatable bonds is 5. The van der Waals surface area contributed by atoms with Crippen molar-refractivity contribution in [3.63, 3.8) is 0 Å². The maximum Gasteiger partial charge on any atom is 0.124 e. The molecule has 1 atom stereocenters. The lowest BCUT2D eigenvalue weighted by atomic mass is 10.1. The topological polar surface area (TPSA) is 30.9 Å². The van der Waals surface area contributed by atoms with Crippen molar-refractivity contribution in [3.8, 4) is 17.2 Å². The fourth-order valence-corrected chi connectivity index (χ4v) is 3.09. The van der Waals surface area contributed by atoms with Crippen molar-refractivity contribution < 1.29 is 14.2 Å². The second-order valence-corrected chi connectivity index (χ2v) is 6.14. The Hall–Kier alpha value is -2.20. The van der Waals surface area contributed by atoms with Gasteiger partial charge in [-0.05, 0) is 42.3 Å². The van der Waals surface area contributed by atoms with Gasteiger partial charge in [-0.15, -0.1) is 0 Å². The Bertz CT molecular complexity index is 686. The molecule has 4 heteroatoms. The van der Waals surface area contributed by atoms with Gasteiger partial charge in [0.05, 0.1) is 14.2 Å². The standard InChI is InChI=1S/C20H25NO3/c1-4-17-14-21(12-15-6-5-7-18(10-15)22-2)13-16-11-19(23-3)8-9-20(16)24-17/h5-11,17H,4,12-14H2,1-3H3. The first-order chi connectivity index (χ1) is 11.7. The van der Waals surface area contributed by atoms with E-state index in [0.29, 0.717) is 0 Å². The fourth-order valence-electron chi connectivity index (χ4n) is 3.09. The number of nitrogens with zero attached hydrogens (tertiary/aromatic N) is 1. The average molecular weight is 327 g/mol. The summed E-state index contributed by atoms with van der Waals surface area (Å²) < 4.78 is 16.9. The van der Waals surface area contributed by atoms with Crippen molar-refractivity contribution in [1.82, 2.24) is 4.90 Å². The highest BCUT2D eigenvalue weighted by Crippen LogP contribution is 2.30. The van der Waals surface area contributed by atoms with E-state index >= 15 is 0 Å². The molecule has 0 amide bonds. The highest BCUT2D eigenvalue weighted by molar-refractivity contribution is 5.41. The lowest BCUT2D eigenvalue weighted by molar-refractivity contribution is 0.139. The Morgan fingerprint density at radius 2 is 1.88 bits per heavy atom. The lowest BCUT2D eigenvalue weighted by Gasteiger charge is -2.23. The molecule has 24 heavy (non-hydrogen) atoms. The Labute approximate surface area is 144 Å². The molecule has 2 aromatic carbocycles. The van der Waals surface area contributed by atoms with Crippen LogP contribution in [0, 0.1) is 0 Å². The molecule has 0 N–H and O–H groups in total. The van der Waals surface area contributed by atoms with E-state index < -0.39 is 0 Å². The van der Waals surface area contributed by atoms with Crippen LogP contribution in [-0.4, -0.2) is 31.8 Å². The van der Waals surface area contributed by atoms with Gasteiger partial charge in [0.1, 0.15) is 23.4 Å². The molecule has 128 valence electrons. The largest absolute Gasteiger partial charge is 0.497 e. The molecule has 3 rings (SSSR count). The average Bonchev–Trinajstić information content (AvgIpc) is 2.79. The zero-order chi connectivity index (χ0) is 16.9. The Balaban J connectivity index is 1.83. The quantitative estimate of drug-likeness (QED) is 0.834. The molecule has 0 bridgehead atoms. The molecule has 0 fully saturated rings. The SMILES string of the molecule is CCC1CN(Cc2cccc(OC)c2)Cc2cc(OC)ccc2O1. The molecule has 0 saturated carbocycles. The number of ether oxygens (including phenoxy) is 3. The number of fused-ring (bicyclic) bond motifs is 1. The van der Waals surface area contributed by atoms with E-state index in [0.717, 1.165) is 43.3 Å². The minimum atomic E-state index is 0.199. The molecule has 0 saturated heterocycles. The van der Waals surface area contributed by atoms with Gasteiger partial charge >= 0.3 is 0 Å². The minimum Gasteiger partial charge on any atom is -0.497 e. The molecule has 0 aromatic heterocycles. The van der Waals surface area contributed by atoms with Crippen LogP contribution >= 0.6 is 0 Å². The van der Waals surface area contributed by atoms with Gasteiger partial charge in [0.2, 0.25) is 0 Å². The Morgan fingerprint density at radius 3 is 2.62 bits per heavy atom. The second-order valence-electron chi connectivity index (χ2n) is 6.14. The maximum absolute atomic E-state index is 6.20. The molecule has 1 unspecified atom stereocenters. The summed E-state index contributed by atoms with van der Waals surface area (Å²) in [6.45, 7) is 4.79. The molecule has 0 spiro atoms. The highest BCUT2D eigenvalue weighted by atomic mass is 16.5. The molecule has 2 aromatic rings. The summed E-state index contributed by atoms with van der Waals surface area (Å²) >= 11 is 0. The van der Waals surface area contributed by atoms with Crippen LogP contribution in [-0.2, 0) is 13.1 Å². The molecule has 1 aliphatic heterocycles. The molecule has 0 radical (unpaired) electrons. The van der Waals surface area contributed by atoms with Crippen molar-refractivity contribution in [3.05, 3.63) is 53.6 Å². The van der Waals surface area contributed by atoms with Gasteiger partial charge in [-0.2, -0.15) is 0 Å². The Kier molecular flexibility index (Phi) is 5.26. The number of hydrogen-bond acceptors (Lipinski definition) is 4. The zero-order valence-electron chi connectivity index (χ0n) is 14.6. The normalized spacial score (nSPS) is 17.5. The molecule has 0 aliphatic carbocycles. The van der Waals surface area contributed by atoms with Crippen LogP contribution in [0.15, 0.2) is 42.5 Å². The molecule has 1 heterocycles. The predicted molar refractivity (Wildman–Crippen MR) is 94.8 cm³/mol. The van der Waals surface area contributed by atoms with Gasteiger partial charge in [-0.1, -0.05) is 19.1 Å². The predicted octanol–water partition coefficient (Wildman–Crippen LogP) is 3.88. The van der Waals surface area contributed by atoms with Crippen molar-refractivity contribution >= 4 is 0 Å². The molecule has 1 aliphatic rings. The van der Waals surface area contributed by atoms with Gasteiger partial charge in [0, 0.05) is 25.2 Å². The number of benzene rings is 2. The number of methoxy groups -OCH3 is 2. The summed E-state index contributed by atoms with van der Waals surface area (Å²) in [6, 6.07) is 14.3. The van der Waals surface area contributed by atoms with Crippen molar-refractivity contribution in [2.24, 2.45) is 0 Å². The summed E-state index contributed by atoms with van der Waals surface area (Å²) in [5, 5.41) is 0. The first-order valence-electron chi connectivity index (χ1n) is 8.40. The summed E-state index contributed by atoms with van der Waals surface area (Å²) in [5.74, 6) is 2.73. The van der Waals surface area contributed by atoms with Crippen LogP contribution in [0.4, 0.5) is 0 Å². The zero-order valence-corrected chi connectivity index (χ0v) is 14.6. The molecular formula is C20H25NO3. The summed E-state index contributed by atoms with van der Waals surface area (Å²) in [6.07, 6.45) is 1.19. The van der Waals surface area contributed by atoms with Crippen LogP contribution in [0.2, 0.25) is 0 Å². The van der Waals surface area contributed by atoms with E-state index in [1.807, 2.05) is 24.3 Å². The monoisotopic (exact) mass is 327 g/mol. The van der Waals surface area contributed by atoms with E-state index in [9.17, 15) is 0 Å². The fraction of sp³-hybridized carbons (Fsp3) is 0.400. The third kappa shape index (κ3) is 3.82. The third-order valence-electron chi connectivity index (χ3n) is 4.41. The summed E-state index contributed by atoms with van der Waals surface area (Å²) in [7, 11) is 3.40. The first kappa shape index (κ1) is 16.7. The van der Waals surface area contributed by atoms with Gasteiger partial charge < -0.3 is 14.2 Å². The summed E-state index contributed by atoms with van der Waals surface area (Å²) in [4.78, 5) is 2.42. The van der Waals surface area contributed by atoms with Crippen molar-refractivity contribution in [2.45, 2.75) is 32.5 Å². The van der Waals surface area contributed by atoms with E-state index in [1.54, 1.807) is 14.2 Å². The minimum absolute atomic E-state index is 0.199. The van der Waals surface area contributed by atoms with E-state index in [1.165, 1.54) is 11.1 Å². The third-order valence-corrected chi connectivity index (χ3v) is 4.41. The number of hydrogen-bond donors (Lipinski definition) is 0. The van der Waals surface area contributed by atoms with E-state index in [-0.39, 0.29) is 6.10 Å².